The number of anilines is 1. The Balaban J connectivity index is 0.000000572. The average Bonchev–Trinajstić information content (AvgIpc) is 3.12. The topological polar surface area (TPSA) is 122 Å². The minimum Gasteiger partial charge on any atom is -0.475 e. The number of halogens is 4. The van der Waals surface area contributed by atoms with Crippen LogP contribution in [0, 0.1) is 0 Å². The van der Waals surface area contributed by atoms with E-state index < -0.39 is 18.2 Å². The Labute approximate surface area is 211 Å². The lowest BCUT2D eigenvalue weighted by atomic mass is 9.89. The summed E-state index contributed by atoms with van der Waals surface area (Å²) < 4.78 is 33.5. The Morgan fingerprint density at radius 2 is 1.58 bits per heavy atom. The first-order chi connectivity index (χ1) is 16.7. The number of urea groups is 1. The van der Waals surface area contributed by atoms with Crippen molar-refractivity contribution >= 4 is 29.3 Å². The summed E-state index contributed by atoms with van der Waals surface area (Å²) in [5.74, 6) is -2.76. The molecule has 1 heterocycles. The van der Waals surface area contributed by atoms with Gasteiger partial charge in [-0.25, -0.2) is 14.3 Å². The van der Waals surface area contributed by atoms with Crippen LogP contribution in [0.3, 0.4) is 0 Å². The molecule has 0 bridgehead atoms. The standard InChI is InChI=1S/C22H26ClN5O.C2HF3O2/c1-22(2,3)19-18(20(23)28(27-19)17-7-5-4-6-8-17)14-25-13-15-9-11-16(12-10-15)26-21(24)29;3-2(4,5)1(6)7/h4-12,25H,13-14H2,1-3H3,(H3,24,26,29);(H,6,7). The van der Waals surface area contributed by atoms with Gasteiger partial charge in [0.05, 0.1) is 11.4 Å². The van der Waals surface area contributed by atoms with Gasteiger partial charge in [-0.15, -0.1) is 0 Å². The number of hydrogen-bond acceptors (Lipinski definition) is 4. The number of carboxylic acid groups (broad SMARTS) is 1. The number of nitrogens with one attached hydrogen (secondary N) is 2. The van der Waals surface area contributed by atoms with Gasteiger partial charge in [0.15, 0.2) is 0 Å². The number of hydrogen-bond donors (Lipinski definition) is 4. The smallest absolute Gasteiger partial charge is 0.475 e. The Hall–Kier alpha value is -3.57. The maximum atomic E-state index is 10.9. The fraction of sp³-hybridized carbons (Fsp3) is 0.292. The third-order valence-corrected chi connectivity index (χ3v) is 5.12. The van der Waals surface area contributed by atoms with Crippen LogP contribution in [0.1, 0.15) is 37.6 Å². The second-order valence-electron chi connectivity index (χ2n) is 8.71. The van der Waals surface area contributed by atoms with Gasteiger partial charge in [0.1, 0.15) is 5.15 Å². The third-order valence-electron chi connectivity index (χ3n) is 4.73. The van der Waals surface area contributed by atoms with Crippen LogP contribution in [-0.4, -0.2) is 33.1 Å². The second-order valence-corrected chi connectivity index (χ2v) is 9.07. The normalized spacial score (nSPS) is 11.4. The molecule has 0 radical (unpaired) electrons. The highest BCUT2D eigenvalue weighted by molar-refractivity contribution is 6.30. The highest BCUT2D eigenvalue weighted by Crippen LogP contribution is 2.31. The lowest BCUT2D eigenvalue weighted by molar-refractivity contribution is -0.192. The number of carbonyl (C=O) groups excluding carboxylic acids is 1. The zero-order valence-corrected chi connectivity index (χ0v) is 20.6. The van der Waals surface area contributed by atoms with Crippen molar-refractivity contribution in [1.82, 2.24) is 15.1 Å². The maximum Gasteiger partial charge on any atom is 0.490 e. The van der Waals surface area contributed by atoms with Gasteiger partial charge in [0.2, 0.25) is 0 Å². The Bertz CT molecular complexity index is 1170. The first-order valence-corrected chi connectivity index (χ1v) is 11.1. The van der Waals surface area contributed by atoms with E-state index in [9.17, 15) is 18.0 Å². The summed E-state index contributed by atoms with van der Waals surface area (Å²) in [6, 6.07) is 16.8. The van der Waals surface area contributed by atoms with Crippen LogP contribution in [0.4, 0.5) is 23.7 Å². The summed E-state index contributed by atoms with van der Waals surface area (Å²) in [4.78, 5) is 19.8. The number of carboxylic acids is 1. The van der Waals surface area contributed by atoms with Crippen LogP contribution >= 0.6 is 11.6 Å². The summed E-state index contributed by atoms with van der Waals surface area (Å²) in [7, 11) is 0. The zero-order valence-electron chi connectivity index (χ0n) is 19.9. The molecule has 0 aliphatic heterocycles. The summed E-state index contributed by atoms with van der Waals surface area (Å²) in [5.41, 5.74) is 9.66. The van der Waals surface area contributed by atoms with Crippen LogP contribution in [-0.2, 0) is 23.3 Å². The van der Waals surface area contributed by atoms with Crippen LogP contribution in [0.25, 0.3) is 5.69 Å². The highest BCUT2D eigenvalue weighted by atomic mass is 35.5. The van der Waals surface area contributed by atoms with Crippen molar-refractivity contribution in [2.75, 3.05) is 5.32 Å². The van der Waals surface area contributed by atoms with E-state index >= 15 is 0 Å². The molecular weight excluding hydrogens is 499 g/mol. The van der Waals surface area contributed by atoms with E-state index in [4.69, 9.17) is 32.3 Å². The van der Waals surface area contributed by atoms with Crippen LogP contribution in [0.2, 0.25) is 5.15 Å². The number of primary amides is 1. The fourth-order valence-electron chi connectivity index (χ4n) is 3.11. The van der Waals surface area contributed by atoms with E-state index in [1.54, 1.807) is 4.68 Å². The number of alkyl halides is 3. The summed E-state index contributed by atoms with van der Waals surface area (Å²) in [5, 5.41) is 18.6. The summed E-state index contributed by atoms with van der Waals surface area (Å²) in [6.07, 6.45) is -5.08. The molecule has 0 saturated heterocycles. The van der Waals surface area contributed by atoms with Crippen molar-refractivity contribution < 1.29 is 27.9 Å². The first-order valence-electron chi connectivity index (χ1n) is 10.7. The Kier molecular flexibility index (Phi) is 9.48. The number of para-hydroxylation sites is 1. The van der Waals surface area contributed by atoms with E-state index in [1.807, 2.05) is 54.6 Å². The van der Waals surface area contributed by atoms with E-state index in [0.29, 0.717) is 23.9 Å². The van der Waals surface area contributed by atoms with E-state index in [-0.39, 0.29) is 5.41 Å². The first kappa shape index (κ1) is 28.7. The molecular formula is C24H27ClF3N5O3. The third kappa shape index (κ3) is 8.28. The molecule has 0 aliphatic rings. The monoisotopic (exact) mass is 525 g/mol. The predicted octanol–water partition coefficient (Wildman–Crippen LogP) is 5.24. The number of carbonyl (C=O) groups is 2. The van der Waals surface area contributed by atoms with E-state index in [2.05, 4.69) is 31.4 Å². The number of aliphatic carboxylic acids is 1. The summed E-state index contributed by atoms with van der Waals surface area (Å²) >= 11 is 6.73. The van der Waals surface area contributed by atoms with Gasteiger partial charge in [-0.3, -0.25) is 0 Å². The molecule has 8 nitrogen and oxygen atoms in total. The van der Waals surface area contributed by atoms with Crippen molar-refractivity contribution in [3.8, 4) is 5.69 Å². The van der Waals surface area contributed by atoms with Crippen molar-refractivity contribution in [1.29, 1.82) is 0 Å². The van der Waals surface area contributed by atoms with Crippen molar-refractivity contribution in [3.63, 3.8) is 0 Å². The molecule has 3 rings (SSSR count). The second kappa shape index (κ2) is 11.9. The molecule has 2 amide bonds. The van der Waals surface area contributed by atoms with Gasteiger partial charge < -0.3 is 21.5 Å². The lowest BCUT2D eigenvalue weighted by Gasteiger charge is -2.17. The fourth-order valence-corrected chi connectivity index (χ4v) is 3.40. The molecule has 0 fully saturated rings. The molecule has 0 aliphatic carbocycles. The molecule has 36 heavy (non-hydrogen) atoms. The van der Waals surface area contributed by atoms with Gasteiger partial charge in [0.25, 0.3) is 0 Å². The summed E-state index contributed by atoms with van der Waals surface area (Å²) in [6.45, 7) is 7.66. The Morgan fingerprint density at radius 3 is 2.06 bits per heavy atom. The number of nitrogens with two attached hydrogens (primary N) is 1. The highest BCUT2D eigenvalue weighted by Gasteiger charge is 2.38. The molecule has 0 spiro atoms. The van der Waals surface area contributed by atoms with Crippen LogP contribution in [0.5, 0.6) is 0 Å². The van der Waals surface area contributed by atoms with E-state index in [0.717, 1.165) is 22.5 Å². The Morgan fingerprint density at radius 1 is 1.03 bits per heavy atom. The van der Waals surface area contributed by atoms with Crippen LogP contribution in [0.15, 0.2) is 54.6 Å². The predicted molar refractivity (Wildman–Crippen MR) is 131 cm³/mol. The lowest BCUT2D eigenvalue weighted by Crippen LogP contribution is -2.21. The number of amides is 2. The maximum absolute atomic E-state index is 10.9. The molecule has 5 N–H and O–H groups in total. The van der Waals surface area contributed by atoms with Crippen LogP contribution < -0.4 is 16.4 Å². The molecule has 12 heteroatoms. The molecule has 0 unspecified atom stereocenters. The quantitative estimate of drug-likeness (QED) is 0.351. The van der Waals surface area contributed by atoms with Gasteiger partial charge in [-0.1, -0.05) is 62.7 Å². The number of benzene rings is 2. The van der Waals surface area contributed by atoms with Crippen molar-refractivity contribution in [2.45, 2.75) is 45.5 Å². The molecule has 2 aromatic carbocycles. The SMILES string of the molecule is CC(C)(C)c1nn(-c2ccccc2)c(Cl)c1CNCc1ccc(NC(N)=O)cc1.O=C(O)C(F)(F)F. The number of rotatable bonds is 6. The minimum atomic E-state index is -5.08. The van der Waals surface area contributed by atoms with E-state index in [1.165, 1.54) is 0 Å². The van der Waals surface area contributed by atoms with Gasteiger partial charge in [-0.2, -0.15) is 18.3 Å². The zero-order chi connectivity index (χ0) is 27.1. The molecule has 3 aromatic rings. The number of nitrogens with zero attached hydrogens (tertiary/aromatic N) is 2. The van der Waals surface area contributed by atoms with Gasteiger partial charge in [-0.05, 0) is 29.8 Å². The van der Waals surface area contributed by atoms with Crippen molar-refractivity contribution in [3.05, 3.63) is 76.6 Å². The molecule has 0 atom stereocenters. The largest absolute Gasteiger partial charge is 0.490 e. The average molecular weight is 526 g/mol. The minimum absolute atomic E-state index is 0.136. The van der Waals surface area contributed by atoms with Gasteiger partial charge >= 0.3 is 18.2 Å². The van der Waals surface area contributed by atoms with Gasteiger partial charge in [0, 0.05) is 29.8 Å². The molecule has 194 valence electrons. The molecule has 0 saturated carbocycles. The van der Waals surface area contributed by atoms with Crippen molar-refractivity contribution in [2.24, 2.45) is 5.73 Å². The molecule has 1 aromatic heterocycles. The number of aromatic nitrogens is 2.